The van der Waals surface area contributed by atoms with Crippen LogP contribution in [0.2, 0.25) is 0 Å². The zero-order valence-corrected chi connectivity index (χ0v) is 12.7. The van der Waals surface area contributed by atoms with Gasteiger partial charge in [0.05, 0.1) is 10.6 Å². The van der Waals surface area contributed by atoms with Crippen LogP contribution in [0.4, 0.5) is 4.39 Å². The molecule has 1 aromatic carbocycles. The zero-order valence-electron chi connectivity index (χ0n) is 11.9. The molecule has 22 heavy (non-hydrogen) atoms. The van der Waals surface area contributed by atoms with Crippen LogP contribution in [0, 0.1) is 5.82 Å². The number of aryl methyl sites for hydroxylation is 1. The standard InChI is InChI=1S/C16H14FN3OS/c1-20-14(15-7-4-8-22-15)9-13(19-20)16(21)18-10-11-5-2-3-6-12(11)17/h2-9H,10H2,1H3,(H,18,21). The minimum absolute atomic E-state index is 0.135. The highest BCUT2D eigenvalue weighted by atomic mass is 32.1. The molecular weight excluding hydrogens is 301 g/mol. The van der Waals surface area contributed by atoms with Crippen LogP contribution < -0.4 is 5.32 Å². The predicted octanol–water partition coefficient (Wildman–Crippen LogP) is 3.22. The summed E-state index contributed by atoms with van der Waals surface area (Å²) < 4.78 is 15.2. The second-order valence-electron chi connectivity index (χ2n) is 4.79. The Morgan fingerprint density at radius 2 is 2.14 bits per heavy atom. The van der Waals surface area contributed by atoms with Crippen LogP contribution in [0.3, 0.4) is 0 Å². The molecule has 0 radical (unpaired) electrons. The SMILES string of the molecule is Cn1nc(C(=O)NCc2ccccc2F)cc1-c1cccs1. The normalized spacial score (nSPS) is 10.6. The molecule has 0 atom stereocenters. The number of benzene rings is 1. The lowest BCUT2D eigenvalue weighted by molar-refractivity contribution is 0.0945. The van der Waals surface area contributed by atoms with E-state index in [2.05, 4.69) is 10.4 Å². The highest BCUT2D eigenvalue weighted by molar-refractivity contribution is 7.13. The maximum Gasteiger partial charge on any atom is 0.272 e. The van der Waals surface area contributed by atoms with Gasteiger partial charge in [-0.05, 0) is 23.6 Å². The second-order valence-corrected chi connectivity index (χ2v) is 5.74. The summed E-state index contributed by atoms with van der Waals surface area (Å²) in [5, 5.41) is 8.88. The Bertz CT molecular complexity index is 796. The molecule has 3 rings (SSSR count). The summed E-state index contributed by atoms with van der Waals surface area (Å²) in [5.74, 6) is -0.648. The molecule has 0 spiro atoms. The van der Waals surface area contributed by atoms with E-state index < -0.39 is 0 Å². The number of nitrogens with one attached hydrogen (secondary N) is 1. The molecule has 1 amide bonds. The summed E-state index contributed by atoms with van der Waals surface area (Å²) in [7, 11) is 1.79. The third-order valence-corrected chi connectivity index (χ3v) is 4.18. The molecule has 112 valence electrons. The van der Waals surface area contributed by atoms with Gasteiger partial charge in [-0.2, -0.15) is 5.10 Å². The van der Waals surface area contributed by atoms with Gasteiger partial charge in [0.1, 0.15) is 5.82 Å². The van der Waals surface area contributed by atoms with E-state index in [4.69, 9.17) is 0 Å². The van der Waals surface area contributed by atoms with Crippen LogP contribution >= 0.6 is 11.3 Å². The third kappa shape index (κ3) is 2.92. The summed E-state index contributed by atoms with van der Waals surface area (Å²) in [6.07, 6.45) is 0. The van der Waals surface area contributed by atoms with E-state index in [-0.39, 0.29) is 18.3 Å². The molecular formula is C16H14FN3OS. The number of nitrogens with zero attached hydrogens (tertiary/aromatic N) is 2. The Morgan fingerprint density at radius 3 is 2.86 bits per heavy atom. The van der Waals surface area contributed by atoms with E-state index >= 15 is 0 Å². The van der Waals surface area contributed by atoms with Crippen LogP contribution in [0.15, 0.2) is 47.8 Å². The minimum atomic E-state index is -0.330. The summed E-state index contributed by atoms with van der Waals surface area (Å²) in [6, 6.07) is 12.0. The average molecular weight is 315 g/mol. The molecule has 3 aromatic rings. The number of carbonyl (C=O) groups is 1. The summed E-state index contributed by atoms with van der Waals surface area (Å²) in [6.45, 7) is 0.135. The summed E-state index contributed by atoms with van der Waals surface area (Å²) >= 11 is 1.59. The number of halogens is 1. The van der Waals surface area contributed by atoms with Gasteiger partial charge in [-0.3, -0.25) is 9.48 Å². The molecule has 2 aromatic heterocycles. The monoisotopic (exact) mass is 315 g/mol. The number of thiophene rings is 1. The first-order valence-corrected chi connectivity index (χ1v) is 7.62. The largest absolute Gasteiger partial charge is 0.346 e. The van der Waals surface area contributed by atoms with E-state index in [0.717, 1.165) is 10.6 Å². The van der Waals surface area contributed by atoms with Gasteiger partial charge in [0, 0.05) is 19.2 Å². The van der Waals surface area contributed by atoms with Gasteiger partial charge in [0.15, 0.2) is 5.69 Å². The molecule has 4 nitrogen and oxygen atoms in total. The Balaban J connectivity index is 1.73. The van der Waals surface area contributed by atoms with Gasteiger partial charge >= 0.3 is 0 Å². The van der Waals surface area contributed by atoms with E-state index in [9.17, 15) is 9.18 Å². The molecule has 0 saturated carbocycles. The fourth-order valence-electron chi connectivity index (χ4n) is 2.14. The number of aromatic nitrogens is 2. The minimum Gasteiger partial charge on any atom is -0.346 e. The van der Waals surface area contributed by atoms with Crippen LogP contribution in [-0.2, 0) is 13.6 Å². The lowest BCUT2D eigenvalue weighted by Gasteiger charge is -2.04. The molecule has 0 saturated heterocycles. The number of carbonyl (C=O) groups excluding carboxylic acids is 1. The van der Waals surface area contributed by atoms with Gasteiger partial charge in [-0.1, -0.05) is 24.3 Å². The van der Waals surface area contributed by atoms with Crippen molar-refractivity contribution >= 4 is 17.2 Å². The number of amides is 1. The van der Waals surface area contributed by atoms with Crippen molar-refractivity contribution in [3.05, 3.63) is 64.9 Å². The van der Waals surface area contributed by atoms with Crippen LogP contribution in [-0.4, -0.2) is 15.7 Å². The maximum atomic E-state index is 13.5. The molecule has 0 aliphatic heterocycles. The first-order valence-electron chi connectivity index (χ1n) is 6.74. The molecule has 0 unspecified atom stereocenters. The van der Waals surface area contributed by atoms with Gasteiger partial charge in [0.25, 0.3) is 5.91 Å². The fourth-order valence-corrected chi connectivity index (χ4v) is 2.91. The van der Waals surface area contributed by atoms with Crippen LogP contribution in [0.5, 0.6) is 0 Å². The smallest absolute Gasteiger partial charge is 0.272 e. The predicted molar refractivity (Wildman–Crippen MR) is 84.1 cm³/mol. The lowest BCUT2D eigenvalue weighted by atomic mass is 10.2. The molecule has 0 aliphatic rings. The van der Waals surface area contributed by atoms with Crippen molar-refractivity contribution in [3.63, 3.8) is 0 Å². The van der Waals surface area contributed by atoms with Crippen LogP contribution in [0.1, 0.15) is 16.1 Å². The Morgan fingerprint density at radius 1 is 1.32 bits per heavy atom. The molecule has 0 aliphatic carbocycles. The number of rotatable bonds is 4. The summed E-state index contributed by atoms with van der Waals surface area (Å²) in [5.41, 5.74) is 1.65. The third-order valence-electron chi connectivity index (χ3n) is 3.28. The Labute approximate surface area is 131 Å². The van der Waals surface area contributed by atoms with Gasteiger partial charge in [-0.15, -0.1) is 11.3 Å². The number of hydrogen-bond acceptors (Lipinski definition) is 3. The Hall–Kier alpha value is -2.47. The first kappa shape index (κ1) is 14.5. The highest BCUT2D eigenvalue weighted by Gasteiger charge is 2.14. The first-order chi connectivity index (χ1) is 10.6. The van der Waals surface area contributed by atoms with Gasteiger partial charge < -0.3 is 5.32 Å². The highest BCUT2D eigenvalue weighted by Crippen LogP contribution is 2.24. The maximum absolute atomic E-state index is 13.5. The zero-order chi connectivity index (χ0) is 15.5. The van der Waals surface area contributed by atoms with Crippen LogP contribution in [0.25, 0.3) is 10.6 Å². The molecule has 1 N–H and O–H groups in total. The number of hydrogen-bond donors (Lipinski definition) is 1. The van der Waals surface area contributed by atoms with Gasteiger partial charge in [0.2, 0.25) is 0 Å². The van der Waals surface area contributed by atoms with Crippen molar-refractivity contribution in [2.75, 3.05) is 0 Å². The van der Waals surface area contributed by atoms with Gasteiger partial charge in [-0.25, -0.2) is 4.39 Å². The van der Waals surface area contributed by atoms with Crippen molar-refractivity contribution in [2.24, 2.45) is 7.05 Å². The molecule has 2 heterocycles. The van der Waals surface area contributed by atoms with Crippen molar-refractivity contribution in [1.29, 1.82) is 0 Å². The van der Waals surface area contributed by atoms with E-state index in [1.165, 1.54) is 6.07 Å². The van der Waals surface area contributed by atoms with E-state index in [1.54, 1.807) is 47.3 Å². The van der Waals surface area contributed by atoms with E-state index in [0.29, 0.717) is 11.3 Å². The molecule has 0 bridgehead atoms. The lowest BCUT2D eigenvalue weighted by Crippen LogP contribution is -2.23. The van der Waals surface area contributed by atoms with Crippen molar-refractivity contribution in [1.82, 2.24) is 15.1 Å². The van der Waals surface area contributed by atoms with E-state index in [1.807, 2.05) is 17.5 Å². The van der Waals surface area contributed by atoms with Crippen molar-refractivity contribution in [3.8, 4) is 10.6 Å². The van der Waals surface area contributed by atoms with Crippen molar-refractivity contribution < 1.29 is 9.18 Å². The van der Waals surface area contributed by atoms with Crippen molar-refractivity contribution in [2.45, 2.75) is 6.54 Å². The summed E-state index contributed by atoms with van der Waals surface area (Å²) in [4.78, 5) is 13.2. The second kappa shape index (κ2) is 6.11. The fraction of sp³-hybridized carbons (Fsp3) is 0.125. The Kier molecular flexibility index (Phi) is 4.02. The average Bonchev–Trinajstić information content (AvgIpc) is 3.15. The molecule has 6 heteroatoms. The topological polar surface area (TPSA) is 46.9 Å². The quantitative estimate of drug-likeness (QED) is 0.803. The molecule has 0 fully saturated rings.